The summed E-state index contributed by atoms with van der Waals surface area (Å²) in [4.78, 5) is 48.4. The number of hydrogen-bond acceptors (Lipinski definition) is 6. The van der Waals surface area contributed by atoms with E-state index in [9.17, 15) is 19.2 Å². The lowest BCUT2D eigenvalue weighted by Crippen LogP contribution is -2.65. The number of primary amides is 1. The second kappa shape index (κ2) is 8.68. The smallest absolute Gasteiger partial charge is 0.417 e. The first-order valence-electron chi connectivity index (χ1n) is 12.4. The number of imide groups is 1. The third-order valence-electron chi connectivity index (χ3n) is 7.30. The summed E-state index contributed by atoms with van der Waals surface area (Å²) in [6.07, 6.45) is 9.25. The van der Waals surface area contributed by atoms with Crippen molar-refractivity contribution in [2.75, 3.05) is 0 Å². The van der Waals surface area contributed by atoms with Gasteiger partial charge in [-0.15, -0.1) is 0 Å². The molecule has 9 heteroatoms. The summed E-state index contributed by atoms with van der Waals surface area (Å²) in [7, 11) is 0. The number of nitrogens with zero attached hydrogens (tertiary/aromatic N) is 1. The minimum Gasteiger partial charge on any atom is -0.444 e. The Balaban J connectivity index is 0.000000165. The van der Waals surface area contributed by atoms with Crippen molar-refractivity contribution < 1.29 is 28.7 Å². The van der Waals surface area contributed by atoms with Crippen LogP contribution in [-0.4, -0.2) is 52.2 Å². The van der Waals surface area contributed by atoms with E-state index in [1.807, 2.05) is 32.9 Å². The fourth-order valence-electron chi connectivity index (χ4n) is 6.08. The van der Waals surface area contributed by atoms with E-state index in [0.29, 0.717) is 11.8 Å². The molecule has 3 N–H and O–H groups in total. The van der Waals surface area contributed by atoms with Crippen molar-refractivity contribution in [2.45, 2.75) is 77.7 Å². The number of alkyl carbamates (subject to hydrolysis) is 1. The second-order valence-electron chi connectivity index (χ2n) is 12.2. The van der Waals surface area contributed by atoms with Gasteiger partial charge in [-0.1, -0.05) is 24.3 Å². The van der Waals surface area contributed by atoms with E-state index < -0.39 is 23.4 Å². The van der Waals surface area contributed by atoms with Gasteiger partial charge < -0.3 is 20.5 Å². The summed E-state index contributed by atoms with van der Waals surface area (Å²) in [5.41, 5.74) is 4.33. The number of nitrogens with one attached hydrogen (secondary N) is 1. The first-order valence-corrected chi connectivity index (χ1v) is 12.4. The fraction of sp³-hybridized carbons (Fsp3) is 0.692. The lowest BCUT2D eigenvalue weighted by atomic mass is 9.80. The molecular formula is C26H37N3O6. The van der Waals surface area contributed by atoms with Gasteiger partial charge >= 0.3 is 12.2 Å². The summed E-state index contributed by atoms with van der Waals surface area (Å²) < 4.78 is 10.5. The summed E-state index contributed by atoms with van der Waals surface area (Å²) in [5, 5.41) is 2.79. The highest BCUT2D eigenvalue weighted by Crippen LogP contribution is 2.53. The van der Waals surface area contributed by atoms with Crippen LogP contribution in [0.4, 0.5) is 9.59 Å². The van der Waals surface area contributed by atoms with Gasteiger partial charge in [-0.2, -0.15) is 0 Å². The molecule has 8 atom stereocenters. The van der Waals surface area contributed by atoms with Gasteiger partial charge in [0.25, 0.3) is 0 Å². The Morgan fingerprint density at radius 2 is 1.43 bits per heavy atom. The van der Waals surface area contributed by atoms with Crippen molar-refractivity contribution in [3.05, 3.63) is 24.3 Å². The largest absolute Gasteiger partial charge is 0.444 e. The normalized spacial score (nSPS) is 35.7. The van der Waals surface area contributed by atoms with Crippen LogP contribution < -0.4 is 11.1 Å². The molecule has 0 aromatic rings. The zero-order chi connectivity index (χ0) is 25.9. The minimum atomic E-state index is -0.546. The topological polar surface area (TPSA) is 128 Å². The van der Waals surface area contributed by atoms with Gasteiger partial charge in [0.15, 0.2) is 0 Å². The van der Waals surface area contributed by atoms with Gasteiger partial charge in [0.2, 0.25) is 11.8 Å². The van der Waals surface area contributed by atoms with Crippen LogP contribution in [0.25, 0.3) is 0 Å². The van der Waals surface area contributed by atoms with Crippen LogP contribution in [0.15, 0.2) is 24.3 Å². The lowest BCUT2D eigenvalue weighted by Gasteiger charge is -2.46. The molecule has 9 nitrogen and oxygen atoms in total. The molecule has 0 aromatic heterocycles. The number of amides is 4. The summed E-state index contributed by atoms with van der Waals surface area (Å²) in [6.45, 7) is 10.9. The average Bonchev–Trinajstić information content (AvgIpc) is 3.44. The van der Waals surface area contributed by atoms with Crippen LogP contribution in [0, 0.1) is 35.5 Å². The fourth-order valence-corrected chi connectivity index (χ4v) is 6.08. The monoisotopic (exact) mass is 487 g/mol. The summed E-state index contributed by atoms with van der Waals surface area (Å²) in [6, 6.07) is -0.167. The Bertz CT molecular complexity index is 975. The molecule has 192 valence electrons. The van der Waals surface area contributed by atoms with Crippen molar-refractivity contribution in [2.24, 2.45) is 41.2 Å². The van der Waals surface area contributed by atoms with E-state index >= 15 is 0 Å². The standard InChI is InChI=1S/C13H20N2O3.C13H17NO3/c1-13(2,3)18-12(17)15-10-8-5-4-7(6-8)9(10)11(14)16;1-13(2,3)17-12(16)14-10-8-5-4-7(6-8)9(10)11(14)15/h4-5,7-10H,6H2,1-3H3,(H2,14,16)(H,15,17);4-5,7-10H,6H2,1-3H3/t7-,8+,9?,10?;7-,8+,9-,10+/m11/s1. The predicted molar refractivity (Wildman–Crippen MR) is 128 cm³/mol. The van der Waals surface area contributed by atoms with Gasteiger partial charge in [-0.05, 0) is 78.1 Å². The molecule has 2 saturated carbocycles. The van der Waals surface area contributed by atoms with E-state index in [4.69, 9.17) is 15.2 Å². The summed E-state index contributed by atoms with van der Waals surface area (Å²) in [5.74, 6) is 0.387. The number of allylic oxidation sites excluding steroid dienone is 2. The van der Waals surface area contributed by atoms with Gasteiger partial charge in [-0.25, -0.2) is 14.5 Å². The third kappa shape index (κ3) is 4.95. The lowest BCUT2D eigenvalue weighted by molar-refractivity contribution is -0.154. The van der Waals surface area contributed by atoms with Crippen molar-refractivity contribution >= 4 is 24.0 Å². The van der Waals surface area contributed by atoms with Crippen molar-refractivity contribution in [3.8, 4) is 0 Å². The van der Waals surface area contributed by atoms with Crippen LogP contribution >= 0.6 is 0 Å². The van der Waals surface area contributed by atoms with Gasteiger partial charge in [0, 0.05) is 0 Å². The zero-order valence-electron chi connectivity index (χ0n) is 21.3. The third-order valence-corrected chi connectivity index (χ3v) is 7.30. The van der Waals surface area contributed by atoms with Gasteiger partial charge in [0.05, 0.1) is 23.9 Å². The highest BCUT2D eigenvalue weighted by molar-refractivity contribution is 6.00. The number of fused-ring (bicyclic) bond motifs is 7. The molecule has 0 spiro atoms. The molecule has 1 aliphatic heterocycles. The Morgan fingerprint density at radius 1 is 0.886 bits per heavy atom. The van der Waals surface area contributed by atoms with E-state index in [1.54, 1.807) is 20.8 Å². The van der Waals surface area contributed by atoms with Crippen LogP contribution in [-0.2, 0) is 19.1 Å². The highest BCUT2D eigenvalue weighted by Gasteiger charge is 2.63. The maximum Gasteiger partial charge on any atom is 0.417 e. The first kappa shape index (κ1) is 25.3. The molecule has 1 heterocycles. The maximum absolute atomic E-state index is 12.0. The van der Waals surface area contributed by atoms with E-state index in [-0.39, 0.29) is 47.6 Å². The quantitative estimate of drug-likeness (QED) is 0.455. The molecule has 4 amide bonds. The van der Waals surface area contributed by atoms with Crippen molar-refractivity contribution in [1.29, 1.82) is 0 Å². The minimum absolute atomic E-state index is 0.0394. The van der Waals surface area contributed by atoms with Crippen molar-refractivity contribution in [1.82, 2.24) is 10.2 Å². The zero-order valence-corrected chi connectivity index (χ0v) is 21.3. The Labute approximate surface area is 206 Å². The molecule has 5 aliphatic rings. The molecule has 4 aliphatic carbocycles. The molecule has 1 saturated heterocycles. The molecular weight excluding hydrogens is 450 g/mol. The number of likely N-dealkylation sites (tertiary alicyclic amines) is 1. The van der Waals surface area contributed by atoms with Crippen LogP contribution in [0.5, 0.6) is 0 Å². The molecule has 35 heavy (non-hydrogen) atoms. The second-order valence-corrected chi connectivity index (χ2v) is 12.2. The number of nitrogens with two attached hydrogens (primary N) is 1. The van der Waals surface area contributed by atoms with E-state index in [1.165, 1.54) is 4.90 Å². The Kier molecular flexibility index (Phi) is 6.26. The predicted octanol–water partition coefficient (Wildman–Crippen LogP) is 3.14. The van der Waals surface area contributed by atoms with Crippen LogP contribution in [0.2, 0.25) is 0 Å². The Morgan fingerprint density at radius 3 is 2.03 bits per heavy atom. The number of rotatable bonds is 2. The molecule has 0 radical (unpaired) electrons. The SMILES string of the molecule is CC(C)(C)OC(=O)N1C(=O)[C@H]2[C@@H]1[C@H]1C=C[C@@H]2C1.CC(C)(C)OC(=O)NC1C(C(N)=O)[C@@H]2C=C[C@H]1C2. The summed E-state index contributed by atoms with van der Waals surface area (Å²) >= 11 is 0. The molecule has 0 aromatic carbocycles. The number of β-lactam (4-membered cyclic amide) rings is 1. The van der Waals surface area contributed by atoms with Crippen LogP contribution in [0.3, 0.4) is 0 Å². The van der Waals surface area contributed by atoms with E-state index in [0.717, 1.165) is 12.8 Å². The van der Waals surface area contributed by atoms with Crippen LogP contribution in [0.1, 0.15) is 54.4 Å². The molecule has 3 fully saturated rings. The average molecular weight is 488 g/mol. The molecule has 5 rings (SSSR count). The molecule has 4 bridgehead atoms. The Hall–Kier alpha value is -2.84. The van der Waals surface area contributed by atoms with Crippen molar-refractivity contribution in [3.63, 3.8) is 0 Å². The number of carbonyl (C=O) groups is 4. The molecule has 2 unspecified atom stereocenters. The maximum atomic E-state index is 12.0. The number of ether oxygens (including phenoxy) is 2. The van der Waals surface area contributed by atoms with E-state index in [2.05, 4.69) is 17.5 Å². The highest BCUT2D eigenvalue weighted by atomic mass is 16.6. The van der Waals surface area contributed by atoms with Gasteiger partial charge in [0.1, 0.15) is 11.2 Å². The number of hydrogen-bond donors (Lipinski definition) is 2. The van der Waals surface area contributed by atoms with Gasteiger partial charge in [-0.3, -0.25) is 9.59 Å². The number of carbonyl (C=O) groups excluding carboxylic acids is 4. The first-order chi connectivity index (χ1) is 16.2.